The number of aryl methyl sites for hydroxylation is 1. The van der Waals surface area contributed by atoms with Crippen molar-refractivity contribution in [3.05, 3.63) is 71.8 Å². The monoisotopic (exact) mass is 522 g/mol. The molecule has 2 aliphatic rings. The zero-order chi connectivity index (χ0) is 26.7. The summed E-state index contributed by atoms with van der Waals surface area (Å²) >= 11 is 0. The van der Waals surface area contributed by atoms with Gasteiger partial charge in [0.05, 0.1) is 12.7 Å². The van der Waals surface area contributed by atoms with Gasteiger partial charge in [-0.15, -0.1) is 6.58 Å². The quantitative estimate of drug-likeness (QED) is 0.325. The molecule has 0 saturated carbocycles. The van der Waals surface area contributed by atoms with Crippen LogP contribution in [0.25, 0.3) is 27.9 Å². The highest BCUT2D eigenvalue weighted by atomic mass is 16.1. The molecular weight excluding hydrogens is 492 g/mol. The molecule has 2 atom stereocenters. The van der Waals surface area contributed by atoms with Crippen LogP contribution < -0.4 is 15.8 Å². The predicted octanol–water partition coefficient (Wildman–Crippen LogP) is 3.17. The zero-order valence-electron chi connectivity index (χ0n) is 22.0. The van der Waals surface area contributed by atoms with Crippen molar-refractivity contribution in [3.8, 4) is 5.82 Å². The van der Waals surface area contributed by atoms with Gasteiger partial charge >= 0.3 is 0 Å². The molecule has 39 heavy (non-hydrogen) atoms. The van der Waals surface area contributed by atoms with Crippen molar-refractivity contribution in [1.82, 2.24) is 39.0 Å². The smallest absolute Gasteiger partial charge is 0.278 e. The molecule has 0 amide bonds. The van der Waals surface area contributed by atoms with Crippen LogP contribution in [0.5, 0.6) is 0 Å². The Kier molecular flexibility index (Phi) is 5.48. The highest BCUT2D eigenvalue weighted by molar-refractivity contribution is 5.79. The van der Waals surface area contributed by atoms with Gasteiger partial charge in [-0.25, -0.2) is 24.0 Å². The molecule has 1 N–H and O–H groups in total. The average Bonchev–Trinajstić information content (AvgIpc) is 3.71. The normalized spacial score (nSPS) is 19.0. The zero-order valence-corrected chi connectivity index (χ0v) is 22.0. The van der Waals surface area contributed by atoms with E-state index in [0.29, 0.717) is 48.0 Å². The van der Waals surface area contributed by atoms with Gasteiger partial charge < -0.3 is 10.2 Å². The number of hydrogen-bond donors (Lipinski definition) is 1. The summed E-state index contributed by atoms with van der Waals surface area (Å²) in [6.07, 6.45) is 6.29. The second kappa shape index (κ2) is 9.05. The third-order valence-corrected chi connectivity index (χ3v) is 7.93. The molecule has 6 heterocycles. The first-order valence-electron chi connectivity index (χ1n) is 13.3. The first-order valence-corrected chi connectivity index (χ1v) is 13.3. The van der Waals surface area contributed by atoms with Crippen LogP contribution in [0.2, 0.25) is 0 Å². The number of fused-ring (bicyclic) bond motifs is 4. The van der Waals surface area contributed by atoms with Crippen LogP contribution in [0, 0.1) is 0 Å². The third kappa shape index (κ3) is 3.80. The van der Waals surface area contributed by atoms with Crippen LogP contribution in [-0.2, 0) is 13.1 Å². The van der Waals surface area contributed by atoms with Crippen LogP contribution in [0.3, 0.4) is 0 Å². The Labute approximate surface area is 225 Å². The summed E-state index contributed by atoms with van der Waals surface area (Å²) in [5.41, 5.74) is 3.14. The number of benzene rings is 1. The average molecular weight is 523 g/mol. The van der Waals surface area contributed by atoms with E-state index in [1.807, 2.05) is 23.7 Å². The van der Waals surface area contributed by atoms with Crippen LogP contribution in [0.15, 0.2) is 66.2 Å². The fourth-order valence-corrected chi connectivity index (χ4v) is 5.95. The van der Waals surface area contributed by atoms with Gasteiger partial charge in [0.25, 0.3) is 5.56 Å². The molecule has 0 radical (unpaired) electrons. The van der Waals surface area contributed by atoms with Gasteiger partial charge in [0.15, 0.2) is 17.1 Å². The molecule has 5 aromatic rings. The molecule has 198 valence electrons. The molecule has 2 fully saturated rings. The van der Waals surface area contributed by atoms with Crippen molar-refractivity contribution in [2.75, 3.05) is 30.4 Å². The Morgan fingerprint density at radius 3 is 2.62 bits per heavy atom. The van der Waals surface area contributed by atoms with Crippen LogP contribution in [0.1, 0.15) is 13.3 Å². The standard InChI is InChI=1S/C28H30N10O/c1-4-12-37-27(39)23-15-29-28(31-19-7-9-20(10-8-19)35-17-21-13-22(35)16-34(21)3)33-26(23)38(37)24-11-6-18-14-30-36(5-2)25(18)32-24/h4,6-11,14-15,21-22H,1,5,12-13,16-17H2,2-3H3,(H,29,31,33)/t21-,22-/m0/s1. The summed E-state index contributed by atoms with van der Waals surface area (Å²) in [7, 11) is 2.21. The topological polar surface area (TPSA) is 102 Å². The number of pyridine rings is 1. The molecule has 0 spiro atoms. The highest BCUT2D eigenvalue weighted by Gasteiger charge is 2.41. The largest absolute Gasteiger partial charge is 0.366 e. The molecule has 1 aromatic carbocycles. The summed E-state index contributed by atoms with van der Waals surface area (Å²) in [5, 5.41) is 9.06. The van der Waals surface area contributed by atoms with E-state index in [1.54, 1.807) is 27.8 Å². The van der Waals surface area contributed by atoms with E-state index in [-0.39, 0.29) is 5.56 Å². The van der Waals surface area contributed by atoms with Gasteiger partial charge in [-0.3, -0.25) is 9.69 Å². The van der Waals surface area contributed by atoms with Gasteiger partial charge in [0.1, 0.15) is 5.39 Å². The number of likely N-dealkylation sites (N-methyl/N-ethyl adjacent to an activating group) is 1. The number of likely N-dealkylation sites (tertiary alicyclic amines) is 1. The maximum absolute atomic E-state index is 13.3. The fourth-order valence-electron chi connectivity index (χ4n) is 5.95. The Balaban J connectivity index is 1.24. The lowest BCUT2D eigenvalue weighted by Gasteiger charge is -2.33. The molecule has 11 heteroatoms. The number of nitrogens with zero attached hydrogens (tertiary/aromatic N) is 9. The van der Waals surface area contributed by atoms with Gasteiger partial charge in [0, 0.05) is 54.7 Å². The lowest BCUT2D eigenvalue weighted by Crippen LogP contribution is -2.44. The van der Waals surface area contributed by atoms with E-state index in [0.717, 1.165) is 29.8 Å². The number of piperazine rings is 1. The minimum atomic E-state index is -0.197. The minimum absolute atomic E-state index is 0.197. The van der Waals surface area contributed by atoms with E-state index in [4.69, 9.17) is 9.97 Å². The highest BCUT2D eigenvalue weighted by Crippen LogP contribution is 2.34. The molecule has 11 nitrogen and oxygen atoms in total. The maximum atomic E-state index is 13.3. The number of rotatable bonds is 7. The maximum Gasteiger partial charge on any atom is 0.278 e. The van der Waals surface area contributed by atoms with Crippen molar-refractivity contribution < 1.29 is 0 Å². The summed E-state index contributed by atoms with van der Waals surface area (Å²) in [4.78, 5) is 32.3. The fraction of sp³-hybridized carbons (Fsp3) is 0.321. The van der Waals surface area contributed by atoms with Crippen LogP contribution >= 0.6 is 0 Å². The van der Waals surface area contributed by atoms with Gasteiger partial charge in [0.2, 0.25) is 5.95 Å². The van der Waals surface area contributed by atoms with E-state index in [2.05, 4.69) is 63.1 Å². The third-order valence-electron chi connectivity index (χ3n) is 7.93. The number of allylic oxidation sites excluding steroid dienone is 1. The molecule has 4 aromatic heterocycles. The van der Waals surface area contributed by atoms with Crippen molar-refractivity contribution in [2.24, 2.45) is 0 Å². The minimum Gasteiger partial charge on any atom is -0.366 e. The number of nitrogens with one attached hydrogen (secondary N) is 1. The number of aromatic nitrogens is 7. The van der Waals surface area contributed by atoms with Crippen molar-refractivity contribution in [3.63, 3.8) is 0 Å². The molecular formula is C28H30N10O. The van der Waals surface area contributed by atoms with E-state index in [1.165, 1.54) is 12.1 Å². The number of hydrogen-bond acceptors (Lipinski definition) is 8. The Morgan fingerprint density at radius 1 is 1.05 bits per heavy atom. The lowest BCUT2D eigenvalue weighted by molar-refractivity contribution is 0.292. The second-order valence-electron chi connectivity index (χ2n) is 10.3. The molecule has 7 rings (SSSR count). The first-order chi connectivity index (χ1) is 19.0. The van der Waals surface area contributed by atoms with Gasteiger partial charge in [-0.2, -0.15) is 10.1 Å². The summed E-state index contributed by atoms with van der Waals surface area (Å²) in [5.74, 6) is 0.979. The Bertz CT molecular complexity index is 1760. The van der Waals surface area contributed by atoms with Crippen LogP contribution in [-0.4, -0.2) is 71.2 Å². The molecule has 2 saturated heterocycles. The lowest BCUT2D eigenvalue weighted by atomic mass is 10.2. The molecule has 2 bridgehead atoms. The Hall–Kier alpha value is -4.51. The van der Waals surface area contributed by atoms with Crippen molar-refractivity contribution in [1.29, 1.82) is 0 Å². The molecule has 0 aliphatic carbocycles. The SMILES string of the molecule is C=CCn1c(=O)c2cnc(Nc3ccc(N4C[C@@H]5C[C@H]4CN5C)cc3)nc2n1-c1ccc2cnn(CC)c2n1. The van der Waals surface area contributed by atoms with Crippen molar-refractivity contribution >= 4 is 39.4 Å². The molecule has 0 unspecified atom stereocenters. The molecule has 2 aliphatic heterocycles. The van der Waals surface area contributed by atoms with Gasteiger partial charge in [-0.05, 0) is 56.8 Å². The summed E-state index contributed by atoms with van der Waals surface area (Å²) < 4.78 is 5.14. The van der Waals surface area contributed by atoms with Crippen LogP contribution in [0.4, 0.5) is 17.3 Å². The predicted molar refractivity (Wildman–Crippen MR) is 152 cm³/mol. The first kappa shape index (κ1) is 23.6. The van der Waals surface area contributed by atoms with E-state index < -0.39 is 0 Å². The number of anilines is 3. The van der Waals surface area contributed by atoms with E-state index >= 15 is 0 Å². The van der Waals surface area contributed by atoms with E-state index in [9.17, 15) is 4.79 Å². The summed E-state index contributed by atoms with van der Waals surface area (Å²) in [6.45, 7) is 9.05. The summed E-state index contributed by atoms with van der Waals surface area (Å²) in [6, 6.07) is 13.5. The van der Waals surface area contributed by atoms with Crippen molar-refractivity contribution in [2.45, 2.75) is 38.5 Å². The van der Waals surface area contributed by atoms with Gasteiger partial charge in [-0.1, -0.05) is 6.08 Å². The second-order valence-corrected chi connectivity index (χ2v) is 10.3. The Morgan fingerprint density at radius 2 is 1.90 bits per heavy atom.